The highest BCUT2D eigenvalue weighted by molar-refractivity contribution is 5.93. The molecule has 0 saturated heterocycles. The average molecular weight is 218 g/mol. The summed E-state index contributed by atoms with van der Waals surface area (Å²) in [5.41, 5.74) is 1.84. The van der Waals surface area contributed by atoms with Gasteiger partial charge in [-0.05, 0) is 25.5 Å². The van der Waals surface area contributed by atoms with E-state index in [1.807, 2.05) is 26.0 Å². The molecule has 1 N–H and O–H groups in total. The fraction of sp³-hybridized carbons (Fsp3) is 0.364. The van der Waals surface area contributed by atoms with Crippen LogP contribution in [0.25, 0.3) is 5.52 Å². The molecule has 0 fully saturated rings. The third-order valence-electron chi connectivity index (χ3n) is 2.38. The molecule has 84 valence electrons. The highest BCUT2D eigenvalue weighted by Gasteiger charge is 2.08. The van der Waals surface area contributed by atoms with Crippen LogP contribution in [0.4, 0.5) is 5.82 Å². The van der Waals surface area contributed by atoms with Crippen LogP contribution in [-0.4, -0.2) is 20.5 Å². The first-order valence-electron chi connectivity index (χ1n) is 5.31. The zero-order valence-electron chi connectivity index (χ0n) is 9.40. The number of nitrogens with one attached hydrogen (secondary N) is 1. The van der Waals surface area contributed by atoms with Gasteiger partial charge in [-0.15, -0.1) is 0 Å². The van der Waals surface area contributed by atoms with E-state index >= 15 is 0 Å². The van der Waals surface area contributed by atoms with Crippen molar-refractivity contribution in [3.63, 3.8) is 0 Å². The van der Waals surface area contributed by atoms with Crippen molar-refractivity contribution >= 4 is 17.2 Å². The van der Waals surface area contributed by atoms with Crippen LogP contribution in [0.2, 0.25) is 0 Å². The lowest BCUT2D eigenvalue weighted by molar-refractivity contribution is -0.116. The summed E-state index contributed by atoms with van der Waals surface area (Å²) in [6.45, 7) is 3.92. The van der Waals surface area contributed by atoms with Crippen molar-refractivity contribution in [2.75, 3.05) is 5.32 Å². The monoisotopic (exact) mass is 218 g/mol. The van der Waals surface area contributed by atoms with Gasteiger partial charge in [0.25, 0.3) is 0 Å². The number of fused-ring (bicyclic) bond motifs is 1. The molecule has 0 bridgehead atoms. The number of aryl methyl sites for hydroxylation is 1. The highest BCUT2D eigenvalue weighted by atomic mass is 16.1. The highest BCUT2D eigenvalue weighted by Crippen LogP contribution is 2.15. The minimum absolute atomic E-state index is 0.0121. The zero-order valence-corrected chi connectivity index (χ0v) is 9.40. The minimum Gasteiger partial charge on any atom is -0.309 e. The van der Waals surface area contributed by atoms with Crippen LogP contribution in [-0.2, 0) is 4.79 Å². The van der Waals surface area contributed by atoms with Crippen LogP contribution in [0.1, 0.15) is 25.5 Å². The molecular weight excluding hydrogens is 204 g/mol. The molecule has 2 aromatic heterocycles. The number of rotatable bonds is 3. The fourth-order valence-electron chi connectivity index (χ4n) is 1.58. The lowest BCUT2D eigenvalue weighted by Gasteiger charge is -2.05. The Morgan fingerprint density at radius 3 is 3.06 bits per heavy atom. The van der Waals surface area contributed by atoms with Crippen molar-refractivity contribution in [3.05, 3.63) is 24.2 Å². The van der Waals surface area contributed by atoms with Crippen LogP contribution < -0.4 is 5.32 Å². The molecule has 0 atom stereocenters. The zero-order chi connectivity index (χ0) is 11.5. The SMILES string of the molecule is CCCC(=O)Nc1ncnn2c(C)ccc12. The van der Waals surface area contributed by atoms with Gasteiger partial charge < -0.3 is 5.32 Å². The molecule has 2 rings (SSSR count). The van der Waals surface area contributed by atoms with Crippen LogP contribution in [0, 0.1) is 6.92 Å². The first-order chi connectivity index (χ1) is 7.72. The number of nitrogens with zero attached hydrogens (tertiary/aromatic N) is 3. The van der Waals surface area contributed by atoms with Crippen molar-refractivity contribution in [2.45, 2.75) is 26.7 Å². The van der Waals surface area contributed by atoms with Crippen molar-refractivity contribution in [1.82, 2.24) is 14.6 Å². The maximum Gasteiger partial charge on any atom is 0.225 e. The maximum atomic E-state index is 11.5. The van der Waals surface area contributed by atoms with Gasteiger partial charge in [0.1, 0.15) is 11.8 Å². The molecule has 2 heterocycles. The van der Waals surface area contributed by atoms with Gasteiger partial charge >= 0.3 is 0 Å². The van der Waals surface area contributed by atoms with Gasteiger partial charge in [0.15, 0.2) is 5.82 Å². The Bertz CT molecular complexity index is 518. The number of amides is 1. The molecule has 5 heteroatoms. The van der Waals surface area contributed by atoms with Gasteiger partial charge in [0.2, 0.25) is 5.91 Å². The Morgan fingerprint density at radius 1 is 1.50 bits per heavy atom. The second-order valence-electron chi connectivity index (χ2n) is 3.68. The fourth-order valence-corrected chi connectivity index (χ4v) is 1.58. The van der Waals surface area contributed by atoms with E-state index in [9.17, 15) is 4.79 Å². The van der Waals surface area contributed by atoms with Gasteiger partial charge in [-0.2, -0.15) is 5.10 Å². The second kappa shape index (κ2) is 4.30. The molecule has 1 amide bonds. The topological polar surface area (TPSA) is 59.3 Å². The van der Waals surface area contributed by atoms with Crippen molar-refractivity contribution in [3.8, 4) is 0 Å². The van der Waals surface area contributed by atoms with Crippen LogP contribution >= 0.6 is 0 Å². The summed E-state index contributed by atoms with van der Waals surface area (Å²) in [6.07, 6.45) is 2.78. The van der Waals surface area contributed by atoms with Gasteiger partial charge in [0, 0.05) is 12.1 Å². The average Bonchev–Trinajstić information content (AvgIpc) is 2.62. The summed E-state index contributed by atoms with van der Waals surface area (Å²) >= 11 is 0. The molecule has 0 aliphatic carbocycles. The normalized spacial score (nSPS) is 10.6. The Kier molecular flexibility index (Phi) is 2.85. The van der Waals surface area contributed by atoms with Crippen molar-refractivity contribution in [1.29, 1.82) is 0 Å². The number of aromatic nitrogens is 3. The number of carbonyl (C=O) groups excluding carboxylic acids is 1. The number of hydrogen-bond acceptors (Lipinski definition) is 3. The maximum absolute atomic E-state index is 11.5. The van der Waals surface area contributed by atoms with E-state index in [-0.39, 0.29) is 5.91 Å². The van der Waals surface area contributed by atoms with Crippen LogP contribution in [0.3, 0.4) is 0 Å². The Balaban J connectivity index is 2.34. The smallest absolute Gasteiger partial charge is 0.225 e. The molecule has 2 aromatic rings. The van der Waals surface area contributed by atoms with Gasteiger partial charge in [-0.25, -0.2) is 9.50 Å². The largest absolute Gasteiger partial charge is 0.309 e. The number of carbonyl (C=O) groups is 1. The first kappa shape index (κ1) is 10.6. The third kappa shape index (κ3) is 1.88. The number of anilines is 1. The Hall–Kier alpha value is -1.91. The van der Waals surface area contributed by atoms with E-state index in [4.69, 9.17) is 0 Å². The van der Waals surface area contributed by atoms with E-state index in [1.54, 1.807) is 4.52 Å². The van der Waals surface area contributed by atoms with Gasteiger partial charge in [-0.1, -0.05) is 6.92 Å². The molecule has 0 aromatic carbocycles. The van der Waals surface area contributed by atoms with E-state index in [0.717, 1.165) is 17.6 Å². The van der Waals surface area contributed by atoms with Crippen molar-refractivity contribution < 1.29 is 4.79 Å². The Morgan fingerprint density at radius 2 is 2.31 bits per heavy atom. The van der Waals surface area contributed by atoms with Crippen molar-refractivity contribution in [2.24, 2.45) is 0 Å². The third-order valence-corrected chi connectivity index (χ3v) is 2.38. The lowest BCUT2D eigenvalue weighted by atomic mass is 10.3. The molecular formula is C11H14N4O. The second-order valence-corrected chi connectivity index (χ2v) is 3.68. The first-order valence-corrected chi connectivity index (χ1v) is 5.31. The molecule has 0 aliphatic rings. The van der Waals surface area contributed by atoms with E-state index < -0.39 is 0 Å². The molecule has 0 spiro atoms. The minimum atomic E-state index is -0.0121. The standard InChI is InChI=1S/C11H14N4O/c1-3-4-10(16)14-11-9-6-5-8(2)15(9)13-7-12-11/h5-7H,3-4H2,1-2H3,(H,12,13,14,16). The van der Waals surface area contributed by atoms with Crippen LogP contribution in [0.15, 0.2) is 18.5 Å². The molecule has 0 unspecified atom stereocenters. The molecule has 0 aliphatic heterocycles. The summed E-state index contributed by atoms with van der Waals surface area (Å²) in [7, 11) is 0. The molecule has 0 radical (unpaired) electrons. The van der Waals surface area contributed by atoms with E-state index in [1.165, 1.54) is 6.33 Å². The van der Waals surface area contributed by atoms with E-state index in [2.05, 4.69) is 15.4 Å². The van der Waals surface area contributed by atoms with Gasteiger partial charge in [-0.3, -0.25) is 4.79 Å². The summed E-state index contributed by atoms with van der Waals surface area (Å²) in [5, 5.41) is 6.90. The quantitative estimate of drug-likeness (QED) is 0.854. The molecule has 0 saturated carbocycles. The predicted molar refractivity (Wildman–Crippen MR) is 61.3 cm³/mol. The summed E-state index contributed by atoms with van der Waals surface area (Å²) in [5.74, 6) is 0.559. The molecule has 16 heavy (non-hydrogen) atoms. The summed E-state index contributed by atoms with van der Waals surface area (Å²) in [4.78, 5) is 15.6. The van der Waals surface area contributed by atoms with Crippen LogP contribution in [0.5, 0.6) is 0 Å². The predicted octanol–water partition coefficient (Wildman–Crippen LogP) is 1.78. The summed E-state index contributed by atoms with van der Waals surface area (Å²) < 4.78 is 1.76. The summed E-state index contributed by atoms with van der Waals surface area (Å²) in [6, 6.07) is 3.84. The Labute approximate surface area is 93.5 Å². The lowest BCUT2D eigenvalue weighted by Crippen LogP contribution is -2.13. The van der Waals surface area contributed by atoms with E-state index in [0.29, 0.717) is 12.2 Å². The van der Waals surface area contributed by atoms with Gasteiger partial charge in [0.05, 0.1) is 0 Å². The number of hydrogen-bond donors (Lipinski definition) is 1. The molecule has 5 nitrogen and oxygen atoms in total.